The molecule has 2 rings (SSSR count). The third kappa shape index (κ3) is 3.80. The fourth-order valence-corrected chi connectivity index (χ4v) is 2.07. The molecule has 0 aliphatic carbocycles. The molecule has 0 amide bonds. The van der Waals surface area contributed by atoms with Crippen molar-refractivity contribution in [1.82, 2.24) is 10.3 Å². The Morgan fingerprint density at radius 2 is 2.14 bits per heavy atom. The van der Waals surface area contributed by atoms with Gasteiger partial charge in [0.25, 0.3) is 0 Å². The molecule has 0 bridgehead atoms. The predicted octanol–water partition coefficient (Wildman–Crippen LogP) is 3.72. The van der Waals surface area contributed by atoms with Crippen molar-refractivity contribution in [2.24, 2.45) is 0 Å². The van der Waals surface area contributed by atoms with E-state index in [-0.39, 0.29) is 6.04 Å². The molecule has 0 saturated heterocycles. The second-order valence-corrected chi connectivity index (χ2v) is 4.90. The van der Waals surface area contributed by atoms with E-state index in [1.807, 2.05) is 25.1 Å². The molecule has 21 heavy (non-hydrogen) atoms. The summed E-state index contributed by atoms with van der Waals surface area (Å²) in [5.74, 6) is 1.20. The zero-order valence-corrected chi connectivity index (χ0v) is 12.6. The minimum atomic E-state index is 0.242. The third-order valence-electron chi connectivity index (χ3n) is 3.30. The molecule has 1 unspecified atom stereocenters. The fourth-order valence-electron chi connectivity index (χ4n) is 2.07. The maximum Gasteiger partial charge on any atom is 0.219 e. The first-order valence-corrected chi connectivity index (χ1v) is 7.02. The molecule has 0 spiro atoms. The lowest BCUT2D eigenvalue weighted by molar-refractivity contribution is 0.456. The number of nitrogens with zero attached hydrogens (tertiary/aromatic N) is 2. The number of rotatable bonds is 5. The smallest absolute Gasteiger partial charge is 0.219 e. The first-order chi connectivity index (χ1) is 10.1. The van der Waals surface area contributed by atoms with Crippen LogP contribution in [-0.2, 0) is 0 Å². The number of nitriles is 1. The van der Waals surface area contributed by atoms with Crippen LogP contribution in [0.4, 0.5) is 0 Å². The summed E-state index contributed by atoms with van der Waals surface area (Å²) in [6, 6.07) is 11.6. The Kier molecular flexibility index (Phi) is 4.91. The molecule has 0 fully saturated rings. The minimum absolute atomic E-state index is 0.242. The summed E-state index contributed by atoms with van der Waals surface area (Å²) in [6.45, 7) is 7.03. The van der Waals surface area contributed by atoms with E-state index >= 15 is 0 Å². The quantitative estimate of drug-likeness (QED) is 0.907. The first-order valence-electron chi connectivity index (χ1n) is 7.02. The lowest BCUT2D eigenvalue weighted by atomic mass is 10.1. The van der Waals surface area contributed by atoms with Crippen LogP contribution in [0.2, 0.25) is 0 Å². The van der Waals surface area contributed by atoms with E-state index in [1.54, 1.807) is 18.3 Å². The molecule has 1 N–H and O–H groups in total. The maximum atomic E-state index is 8.97. The summed E-state index contributed by atoms with van der Waals surface area (Å²) in [6.07, 6.45) is 1.74. The third-order valence-corrected chi connectivity index (χ3v) is 3.30. The lowest BCUT2D eigenvalue weighted by Gasteiger charge is -2.14. The summed E-state index contributed by atoms with van der Waals surface area (Å²) in [5.41, 5.74) is 2.67. The average molecular weight is 281 g/mol. The normalized spacial score (nSPS) is 11.7. The van der Waals surface area contributed by atoms with Gasteiger partial charge in [-0.2, -0.15) is 5.26 Å². The van der Waals surface area contributed by atoms with Crippen LogP contribution in [-0.4, -0.2) is 11.5 Å². The second-order valence-electron chi connectivity index (χ2n) is 4.90. The Bertz CT molecular complexity index is 661. The van der Waals surface area contributed by atoms with E-state index in [9.17, 15) is 0 Å². The zero-order valence-electron chi connectivity index (χ0n) is 12.6. The van der Waals surface area contributed by atoms with Crippen LogP contribution in [0.5, 0.6) is 11.6 Å². The van der Waals surface area contributed by atoms with Gasteiger partial charge in [0.15, 0.2) is 0 Å². The molecule has 108 valence electrons. The Balaban J connectivity index is 2.24. The SMILES string of the molecule is CCNC(C)c1ccnc(Oc2cc(C#N)ccc2C)c1. The molecule has 0 saturated carbocycles. The molecular formula is C17H19N3O. The van der Waals surface area contributed by atoms with Crippen LogP contribution < -0.4 is 10.1 Å². The molecule has 2 aromatic rings. The van der Waals surface area contributed by atoms with E-state index in [0.717, 1.165) is 17.7 Å². The van der Waals surface area contributed by atoms with E-state index in [1.165, 1.54) is 0 Å². The maximum absolute atomic E-state index is 8.97. The van der Waals surface area contributed by atoms with Gasteiger partial charge in [-0.1, -0.05) is 13.0 Å². The van der Waals surface area contributed by atoms with Crippen LogP contribution >= 0.6 is 0 Å². The predicted molar refractivity (Wildman–Crippen MR) is 82.3 cm³/mol. The Labute approximate surface area is 125 Å². The van der Waals surface area contributed by atoms with Crippen molar-refractivity contribution in [2.75, 3.05) is 6.54 Å². The van der Waals surface area contributed by atoms with Crippen molar-refractivity contribution in [3.05, 3.63) is 53.2 Å². The van der Waals surface area contributed by atoms with E-state index in [0.29, 0.717) is 17.2 Å². The van der Waals surface area contributed by atoms with Gasteiger partial charge in [-0.15, -0.1) is 0 Å². The monoisotopic (exact) mass is 281 g/mol. The van der Waals surface area contributed by atoms with Crippen LogP contribution in [0.15, 0.2) is 36.5 Å². The Morgan fingerprint density at radius 3 is 2.86 bits per heavy atom. The molecule has 4 nitrogen and oxygen atoms in total. The average Bonchev–Trinajstić information content (AvgIpc) is 2.50. The number of hydrogen-bond acceptors (Lipinski definition) is 4. The zero-order chi connectivity index (χ0) is 15.2. The standard InChI is InChI=1S/C17H19N3O/c1-4-19-13(3)15-7-8-20-17(10-15)21-16-9-14(11-18)6-5-12(16)2/h5-10,13,19H,4H2,1-3H3. The highest BCUT2D eigenvalue weighted by atomic mass is 16.5. The number of aromatic nitrogens is 1. The number of aryl methyl sites for hydroxylation is 1. The molecule has 1 aromatic heterocycles. The van der Waals surface area contributed by atoms with Crippen LogP contribution in [0.1, 0.15) is 36.6 Å². The van der Waals surface area contributed by atoms with Crippen molar-refractivity contribution in [2.45, 2.75) is 26.8 Å². The number of nitrogens with one attached hydrogen (secondary N) is 1. The molecule has 1 aromatic carbocycles. The Hall–Kier alpha value is -2.38. The van der Waals surface area contributed by atoms with Gasteiger partial charge in [0.05, 0.1) is 11.6 Å². The van der Waals surface area contributed by atoms with Gasteiger partial charge in [-0.25, -0.2) is 4.98 Å². The van der Waals surface area contributed by atoms with Crippen molar-refractivity contribution < 1.29 is 4.74 Å². The van der Waals surface area contributed by atoms with Gasteiger partial charge < -0.3 is 10.1 Å². The highest BCUT2D eigenvalue weighted by molar-refractivity contribution is 5.43. The molecule has 4 heteroatoms. The number of benzene rings is 1. The second kappa shape index (κ2) is 6.87. The van der Waals surface area contributed by atoms with E-state index in [4.69, 9.17) is 10.00 Å². The van der Waals surface area contributed by atoms with Gasteiger partial charge in [-0.3, -0.25) is 0 Å². The van der Waals surface area contributed by atoms with Crippen molar-refractivity contribution >= 4 is 0 Å². The lowest BCUT2D eigenvalue weighted by Crippen LogP contribution is -2.17. The molecular weight excluding hydrogens is 262 g/mol. The Morgan fingerprint density at radius 1 is 1.33 bits per heavy atom. The van der Waals surface area contributed by atoms with Gasteiger partial charge in [0.2, 0.25) is 5.88 Å². The van der Waals surface area contributed by atoms with Gasteiger partial charge >= 0.3 is 0 Å². The molecule has 1 atom stereocenters. The highest BCUT2D eigenvalue weighted by Gasteiger charge is 2.08. The van der Waals surface area contributed by atoms with Crippen molar-refractivity contribution in [3.8, 4) is 17.7 Å². The van der Waals surface area contributed by atoms with Crippen LogP contribution in [0, 0.1) is 18.3 Å². The largest absolute Gasteiger partial charge is 0.439 e. The molecule has 0 aliphatic heterocycles. The molecule has 0 radical (unpaired) electrons. The minimum Gasteiger partial charge on any atom is -0.439 e. The van der Waals surface area contributed by atoms with Crippen LogP contribution in [0.3, 0.4) is 0 Å². The summed E-state index contributed by atoms with van der Waals surface area (Å²) in [5, 5.41) is 12.3. The molecule has 0 aliphatic rings. The summed E-state index contributed by atoms with van der Waals surface area (Å²) < 4.78 is 5.83. The van der Waals surface area contributed by atoms with E-state index in [2.05, 4.69) is 30.2 Å². The summed E-state index contributed by atoms with van der Waals surface area (Å²) in [4.78, 5) is 4.24. The number of pyridine rings is 1. The van der Waals surface area contributed by atoms with E-state index < -0.39 is 0 Å². The van der Waals surface area contributed by atoms with Gasteiger partial charge in [0, 0.05) is 18.3 Å². The summed E-state index contributed by atoms with van der Waals surface area (Å²) in [7, 11) is 0. The van der Waals surface area contributed by atoms with Crippen LogP contribution in [0.25, 0.3) is 0 Å². The fraction of sp³-hybridized carbons (Fsp3) is 0.294. The highest BCUT2D eigenvalue weighted by Crippen LogP contribution is 2.26. The number of ether oxygens (including phenoxy) is 1. The van der Waals surface area contributed by atoms with Gasteiger partial charge in [-0.05, 0) is 49.7 Å². The summed E-state index contributed by atoms with van der Waals surface area (Å²) >= 11 is 0. The number of hydrogen-bond donors (Lipinski definition) is 1. The van der Waals surface area contributed by atoms with Crippen molar-refractivity contribution in [3.63, 3.8) is 0 Å². The van der Waals surface area contributed by atoms with Crippen molar-refractivity contribution in [1.29, 1.82) is 5.26 Å². The molecule has 1 heterocycles. The first kappa shape index (κ1) is 15.0. The van der Waals surface area contributed by atoms with Gasteiger partial charge in [0.1, 0.15) is 5.75 Å². The topological polar surface area (TPSA) is 57.9 Å².